The monoisotopic (exact) mass is 732 g/mol. The number of likely N-dealkylation sites (N-methyl/N-ethyl adjacent to an activating group) is 1. The molecule has 0 radical (unpaired) electrons. The molecule has 0 saturated carbocycles. The Morgan fingerprint density at radius 1 is 0.660 bits per heavy atom. The van der Waals surface area contributed by atoms with Crippen molar-refractivity contribution >= 4 is 13.7 Å². The zero-order valence-electron chi connectivity index (χ0n) is 33.7. The Bertz CT molecular complexity index is 834. The van der Waals surface area contributed by atoms with Crippen LogP contribution >= 0.6 is 7.82 Å². The van der Waals surface area contributed by atoms with E-state index in [1.807, 2.05) is 27.2 Å². The number of unbranched alkanes of at least 4 members (excludes halogenated alkanes) is 25. The third kappa shape index (κ3) is 35.6. The molecule has 0 aliphatic heterocycles. The van der Waals surface area contributed by atoms with Crippen molar-refractivity contribution in [3.05, 3.63) is 12.2 Å². The molecule has 0 aromatic rings. The number of amides is 1. The van der Waals surface area contributed by atoms with E-state index >= 15 is 0 Å². The third-order valence-electron chi connectivity index (χ3n) is 9.51. The third-order valence-corrected chi connectivity index (χ3v) is 10.5. The number of carbonyl (C=O) groups is 1. The molecule has 8 nitrogen and oxygen atoms in total. The molecular weight excluding hydrogens is 647 g/mol. The number of nitrogens with zero attached hydrogens (tertiary/aromatic N) is 1. The molecule has 0 aliphatic carbocycles. The van der Waals surface area contributed by atoms with Crippen molar-refractivity contribution in [2.75, 3.05) is 40.9 Å². The van der Waals surface area contributed by atoms with Crippen molar-refractivity contribution in [3.63, 3.8) is 0 Å². The summed E-state index contributed by atoms with van der Waals surface area (Å²) in [5, 5.41) is 13.7. The van der Waals surface area contributed by atoms with Crippen LogP contribution in [0.3, 0.4) is 0 Å². The summed E-state index contributed by atoms with van der Waals surface area (Å²) in [4.78, 5) is 22.8. The van der Waals surface area contributed by atoms with Crippen molar-refractivity contribution in [2.24, 2.45) is 0 Å². The van der Waals surface area contributed by atoms with Gasteiger partial charge < -0.3 is 19.8 Å². The summed E-state index contributed by atoms with van der Waals surface area (Å²) in [7, 11) is 1.57. The molecule has 0 spiro atoms. The van der Waals surface area contributed by atoms with Crippen molar-refractivity contribution < 1.29 is 32.9 Å². The van der Waals surface area contributed by atoms with Gasteiger partial charge in [-0.1, -0.05) is 180 Å². The summed E-state index contributed by atoms with van der Waals surface area (Å²) in [6, 6.07) is -0.836. The molecule has 9 heteroatoms. The van der Waals surface area contributed by atoms with Gasteiger partial charge >= 0.3 is 7.82 Å². The normalized spacial score (nSPS) is 14.6. The van der Waals surface area contributed by atoms with E-state index in [9.17, 15) is 19.4 Å². The van der Waals surface area contributed by atoms with Gasteiger partial charge in [-0.25, -0.2) is 4.57 Å². The number of allylic oxidation sites excluding steroid dienone is 1. The van der Waals surface area contributed by atoms with Gasteiger partial charge in [-0.2, -0.15) is 0 Å². The molecule has 3 atom stereocenters. The number of quaternary nitrogens is 1. The highest BCUT2D eigenvalue weighted by Crippen LogP contribution is 2.43. The van der Waals surface area contributed by atoms with Crippen LogP contribution < -0.4 is 5.32 Å². The van der Waals surface area contributed by atoms with E-state index in [2.05, 4.69) is 19.2 Å². The number of phosphoric ester groups is 1. The van der Waals surface area contributed by atoms with Gasteiger partial charge in [-0.05, 0) is 19.3 Å². The molecule has 3 unspecified atom stereocenters. The van der Waals surface area contributed by atoms with Gasteiger partial charge in [0.25, 0.3) is 0 Å². The summed E-state index contributed by atoms with van der Waals surface area (Å²) in [5.41, 5.74) is 0. The fourth-order valence-electron chi connectivity index (χ4n) is 6.10. The van der Waals surface area contributed by atoms with Crippen LogP contribution in [0, 0.1) is 0 Å². The SMILES string of the molecule is CCCCCCCCCCCCCCCCCCCCCCC/C=C/C(O)C(COP(=O)(O)OCC[N+](C)(C)C)NC(=O)CCCCCCC. The lowest BCUT2D eigenvalue weighted by molar-refractivity contribution is -0.870. The lowest BCUT2D eigenvalue weighted by Gasteiger charge is -2.25. The molecule has 0 saturated heterocycles. The van der Waals surface area contributed by atoms with Gasteiger partial charge in [0.15, 0.2) is 0 Å². The molecule has 50 heavy (non-hydrogen) atoms. The number of aliphatic hydroxyl groups excluding tert-OH is 1. The summed E-state index contributed by atoms with van der Waals surface area (Å²) in [5.74, 6) is -0.189. The number of aliphatic hydroxyl groups is 1. The summed E-state index contributed by atoms with van der Waals surface area (Å²) < 4.78 is 23.4. The van der Waals surface area contributed by atoms with Crippen LogP contribution in [-0.2, 0) is 18.4 Å². The van der Waals surface area contributed by atoms with Crippen LogP contribution in [0.5, 0.6) is 0 Å². The minimum atomic E-state index is -4.32. The van der Waals surface area contributed by atoms with Gasteiger partial charge in [-0.3, -0.25) is 13.8 Å². The first-order valence-corrected chi connectivity index (χ1v) is 22.6. The predicted molar refractivity (Wildman–Crippen MR) is 212 cm³/mol. The van der Waals surface area contributed by atoms with Gasteiger partial charge in [0.05, 0.1) is 39.9 Å². The van der Waals surface area contributed by atoms with Crippen LogP contribution in [-0.4, -0.2) is 73.4 Å². The minimum Gasteiger partial charge on any atom is -0.387 e. The number of nitrogens with one attached hydrogen (secondary N) is 1. The maximum Gasteiger partial charge on any atom is 0.472 e. The molecule has 3 N–H and O–H groups in total. The Balaban J connectivity index is 4.12. The topological polar surface area (TPSA) is 105 Å². The van der Waals surface area contributed by atoms with Crippen LogP contribution in [0.4, 0.5) is 0 Å². The van der Waals surface area contributed by atoms with Gasteiger partial charge in [0.2, 0.25) is 5.91 Å². The smallest absolute Gasteiger partial charge is 0.387 e. The quantitative estimate of drug-likeness (QED) is 0.0253. The highest BCUT2D eigenvalue weighted by molar-refractivity contribution is 7.47. The largest absolute Gasteiger partial charge is 0.472 e. The Morgan fingerprint density at radius 2 is 1.06 bits per heavy atom. The molecule has 1 amide bonds. The van der Waals surface area contributed by atoms with Crippen molar-refractivity contribution in [1.29, 1.82) is 0 Å². The molecule has 0 bridgehead atoms. The van der Waals surface area contributed by atoms with E-state index in [4.69, 9.17) is 9.05 Å². The van der Waals surface area contributed by atoms with Crippen molar-refractivity contribution in [3.8, 4) is 0 Å². The van der Waals surface area contributed by atoms with Gasteiger partial charge in [-0.15, -0.1) is 0 Å². The van der Waals surface area contributed by atoms with Crippen molar-refractivity contribution in [2.45, 2.75) is 206 Å². The molecule has 0 aromatic heterocycles. The maximum atomic E-state index is 12.6. The van der Waals surface area contributed by atoms with E-state index in [-0.39, 0.29) is 19.1 Å². The molecule has 298 valence electrons. The summed E-state index contributed by atoms with van der Waals surface area (Å²) >= 11 is 0. The van der Waals surface area contributed by atoms with Crippen LogP contribution in [0.15, 0.2) is 12.2 Å². The van der Waals surface area contributed by atoms with Crippen LogP contribution in [0.2, 0.25) is 0 Å². The Kier molecular flexibility index (Phi) is 33.5. The number of hydrogen-bond donors (Lipinski definition) is 3. The molecule has 0 rings (SSSR count). The highest BCUT2D eigenvalue weighted by Gasteiger charge is 2.27. The predicted octanol–water partition coefficient (Wildman–Crippen LogP) is 11.2. The first kappa shape index (κ1) is 49.2. The molecule has 0 aliphatic rings. The van der Waals surface area contributed by atoms with Gasteiger partial charge in [0.1, 0.15) is 13.2 Å². The van der Waals surface area contributed by atoms with E-state index in [0.29, 0.717) is 17.4 Å². The first-order chi connectivity index (χ1) is 24.0. The fraction of sp³-hybridized carbons (Fsp3) is 0.927. The second kappa shape index (κ2) is 34.0. The zero-order chi connectivity index (χ0) is 37.2. The lowest BCUT2D eigenvalue weighted by Crippen LogP contribution is -2.45. The number of phosphoric acid groups is 1. The second-order valence-corrected chi connectivity index (χ2v) is 17.2. The van der Waals surface area contributed by atoms with Crippen LogP contribution in [0.25, 0.3) is 0 Å². The average Bonchev–Trinajstić information content (AvgIpc) is 3.06. The zero-order valence-corrected chi connectivity index (χ0v) is 34.5. The second-order valence-electron chi connectivity index (χ2n) is 15.7. The highest BCUT2D eigenvalue weighted by atomic mass is 31.2. The van der Waals surface area contributed by atoms with Crippen LogP contribution in [0.1, 0.15) is 194 Å². The van der Waals surface area contributed by atoms with Crippen molar-refractivity contribution in [1.82, 2.24) is 5.32 Å². The summed E-state index contributed by atoms with van der Waals surface area (Å²) in [6.45, 7) is 4.73. The Morgan fingerprint density at radius 3 is 1.48 bits per heavy atom. The first-order valence-electron chi connectivity index (χ1n) is 21.1. The van der Waals surface area contributed by atoms with E-state index in [1.54, 1.807) is 6.08 Å². The maximum absolute atomic E-state index is 12.6. The summed E-state index contributed by atoms with van der Waals surface area (Å²) in [6.07, 6.45) is 37.6. The van der Waals surface area contributed by atoms with E-state index in [0.717, 1.165) is 44.9 Å². The average molecular weight is 732 g/mol. The molecule has 0 fully saturated rings. The molecule has 0 aromatic carbocycles. The van der Waals surface area contributed by atoms with Gasteiger partial charge in [0, 0.05) is 6.42 Å². The Hall–Kier alpha value is -0.760. The van der Waals surface area contributed by atoms with E-state index in [1.165, 1.54) is 128 Å². The lowest BCUT2D eigenvalue weighted by atomic mass is 10.0. The number of carbonyl (C=O) groups excluding carboxylic acids is 1. The molecular formula is C41H84N2O6P+. The van der Waals surface area contributed by atoms with E-state index < -0.39 is 20.0 Å². The standard InChI is InChI=1S/C41H83N2O6P/c1-6-8-10-12-13-14-15-16-17-18-19-20-21-22-23-24-25-26-27-28-29-31-32-34-40(44)39(42-41(45)35-33-30-11-9-7-2)38-49-50(46,47)48-37-36-43(3,4)5/h32,34,39-40,44H,6-31,33,35-38H2,1-5H3,(H-,42,45,46,47)/p+1/b34-32+. The molecule has 0 heterocycles. The number of hydrogen-bond acceptors (Lipinski definition) is 5. The fourth-order valence-corrected chi connectivity index (χ4v) is 6.84. The minimum absolute atomic E-state index is 0.0635. The number of rotatable bonds is 38. The Labute approximate surface area is 310 Å².